The lowest BCUT2D eigenvalue weighted by atomic mass is 10.2. The second kappa shape index (κ2) is 4.27. The zero-order chi connectivity index (χ0) is 12.6. The maximum absolute atomic E-state index is 11.7. The van der Waals surface area contributed by atoms with Crippen LogP contribution in [0.25, 0.3) is 0 Å². The van der Waals surface area contributed by atoms with Crippen molar-refractivity contribution in [3.05, 3.63) is 20.8 Å². The van der Waals surface area contributed by atoms with Crippen LogP contribution in [-0.2, 0) is 6.54 Å². The van der Waals surface area contributed by atoms with Crippen molar-refractivity contribution in [1.29, 1.82) is 0 Å². The minimum Gasteiger partial charge on any atom is -0.383 e. The summed E-state index contributed by atoms with van der Waals surface area (Å²) in [6, 6.07) is 0.209. The second-order valence-electron chi connectivity index (χ2n) is 4.53. The maximum atomic E-state index is 11.7. The van der Waals surface area contributed by atoms with Crippen LogP contribution in [0.4, 0.5) is 11.5 Å². The Morgan fingerprint density at radius 1 is 1.53 bits per heavy atom. The molecule has 0 saturated heterocycles. The quantitative estimate of drug-likeness (QED) is 0.705. The van der Waals surface area contributed by atoms with Gasteiger partial charge < -0.3 is 11.1 Å². The van der Waals surface area contributed by atoms with Gasteiger partial charge in [0.05, 0.1) is 0 Å². The van der Waals surface area contributed by atoms with Gasteiger partial charge in [0, 0.05) is 12.6 Å². The van der Waals surface area contributed by atoms with Crippen LogP contribution in [0.3, 0.4) is 0 Å². The molecule has 1 atom stereocenters. The number of hydrogen-bond acceptors (Lipinski definition) is 4. The zero-order valence-corrected chi connectivity index (χ0v) is 10.1. The topological polar surface area (TPSA) is 92.9 Å². The first-order valence-corrected chi connectivity index (χ1v) is 5.93. The highest BCUT2D eigenvalue weighted by atomic mass is 16.2. The van der Waals surface area contributed by atoms with E-state index in [4.69, 9.17) is 5.73 Å². The average molecular weight is 238 g/mol. The van der Waals surface area contributed by atoms with Crippen molar-refractivity contribution < 1.29 is 0 Å². The van der Waals surface area contributed by atoms with Gasteiger partial charge in [0.15, 0.2) is 0 Å². The molecule has 0 radical (unpaired) electrons. The number of nitrogen functional groups attached to an aromatic ring is 1. The summed E-state index contributed by atoms with van der Waals surface area (Å²) in [5.74, 6) is 0.824. The zero-order valence-electron chi connectivity index (χ0n) is 10.1. The van der Waals surface area contributed by atoms with E-state index < -0.39 is 11.2 Å². The van der Waals surface area contributed by atoms with Crippen LogP contribution in [0.2, 0.25) is 0 Å². The van der Waals surface area contributed by atoms with Crippen molar-refractivity contribution in [1.82, 2.24) is 9.55 Å². The van der Waals surface area contributed by atoms with Crippen molar-refractivity contribution in [2.45, 2.75) is 39.3 Å². The number of nitrogens with one attached hydrogen (secondary N) is 2. The molecule has 0 spiro atoms. The Hall–Kier alpha value is -1.72. The molecule has 2 rings (SSSR count). The Morgan fingerprint density at radius 3 is 2.71 bits per heavy atom. The Morgan fingerprint density at radius 2 is 2.18 bits per heavy atom. The summed E-state index contributed by atoms with van der Waals surface area (Å²) in [4.78, 5) is 25.4. The van der Waals surface area contributed by atoms with Gasteiger partial charge in [-0.1, -0.05) is 0 Å². The summed E-state index contributed by atoms with van der Waals surface area (Å²) in [5.41, 5.74) is 5.26. The molecular formula is C11H18N4O2. The molecule has 1 aliphatic rings. The summed E-state index contributed by atoms with van der Waals surface area (Å²) in [6.45, 7) is 4.27. The van der Waals surface area contributed by atoms with Gasteiger partial charge >= 0.3 is 5.69 Å². The lowest BCUT2D eigenvalue weighted by molar-refractivity contribution is 0.677. The Labute approximate surface area is 98.8 Å². The third-order valence-corrected chi connectivity index (χ3v) is 3.26. The minimum absolute atomic E-state index is 0.209. The smallest absolute Gasteiger partial charge is 0.330 e. The Bertz CT molecular complexity index is 527. The maximum Gasteiger partial charge on any atom is 0.330 e. The summed E-state index contributed by atoms with van der Waals surface area (Å²) in [5, 5.41) is 3.11. The number of aromatic nitrogens is 2. The van der Waals surface area contributed by atoms with Gasteiger partial charge in [-0.3, -0.25) is 14.3 Å². The van der Waals surface area contributed by atoms with Gasteiger partial charge in [-0.2, -0.15) is 0 Å². The normalized spacial score (nSPS) is 16.8. The van der Waals surface area contributed by atoms with Crippen LogP contribution < -0.4 is 22.3 Å². The standard InChI is InChI=1S/C11H18N4O2/c1-3-15-9(12)8(10(16)14-11(15)17)13-6(2)7-4-5-7/h6-7,13H,3-5,12H2,1-2H3,(H,14,16,17). The Balaban J connectivity index is 2.38. The van der Waals surface area contributed by atoms with E-state index in [1.165, 1.54) is 17.4 Å². The minimum atomic E-state index is -0.459. The van der Waals surface area contributed by atoms with E-state index in [2.05, 4.69) is 10.3 Å². The first-order valence-electron chi connectivity index (χ1n) is 5.93. The highest BCUT2D eigenvalue weighted by Crippen LogP contribution is 2.33. The molecule has 1 fully saturated rings. The van der Waals surface area contributed by atoms with Gasteiger partial charge in [-0.05, 0) is 32.6 Å². The molecule has 1 unspecified atom stereocenters. The number of hydrogen-bond donors (Lipinski definition) is 3. The molecular weight excluding hydrogens is 220 g/mol. The molecule has 1 aliphatic carbocycles. The van der Waals surface area contributed by atoms with Crippen molar-refractivity contribution in [3.63, 3.8) is 0 Å². The second-order valence-corrected chi connectivity index (χ2v) is 4.53. The number of rotatable bonds is 4. The summed E-state index contributed by atoms with van der Waals surface area (Å²) in [7, 11) is 0. The molecule has 94 valence electrons. The molecule has 0 bridgehead atoms. The predicted octanol–water partition coefficient (Wildman–Crippen LogP) is 0.349. The van der Waals surface area contributed by atoms with Crippen molar-refractivity contribution in [3.8, 4) is 0 Å². The SMILES string of the molecule is CCn1c(N)c(NC(C)C2CC2)c(=O)[nH]c1=O. The van der Waals surface area contributed by atoms with Gasteiger partial charge in [-0.15, -0.1) is 0 Å². The van der Waals surface area contributed by atoms with Crippen molar-refractivity contribution in [2.24, 2.45) is 5.92 Å². The highest BCUT2D eigenvalue weighted by molar-refractivity contribution is 5.60. The molecule has 17 heavy (non-hydrogen) atoms. The number of anilines is 2. The lowest BCUT2D eigenvalue weighted by Crippen LogP contribution is -2.35. The highest BCUT2D eigenvalue weighted by Gasteiger charge is 2.29. The fraction of sp³-hybridized carbons (Fsp3) is 0.636. The average Bonchev–Trinajstić information content (AvgIpc) is 3.07. The number of nitrogens with two attached hydrogens (primary N) is 1. The fourth-order valence-corrected chi connectivity index (χ4v) is 1.98. The van der Waals surface area contributed by atoms with Crippen LogP contribution >= 0.6 is 0 Å². The molecule has 6 nitrogen and oxygen atoms in total. The molecule has 0 amide bonds. The van der Waals surface area contributed by atoms with E-state index in [9.17, 15) is 9.59 Å². The van der Waals surface area contributed by atoms with E-state index in [1.54, 1.807) is 0 Å². The largest absolute Gasteiger partial charge is 0.383 e. The molecule has 1 aromatic heterocycles. The van der Waals surface area contributed by atoms with E-state index in [0.717, 1.165) is 0 Å². The van der Waals surface area contributed by atoms with E-state index in [-0.39, 0.29) is 11.9 Å². The molecule has 1 heterocycles. The van der Waals surface area contributed by atoms with Crippen LogP contribution in [0.15, 0.2) is 9.59 Å². The van der Waals surface area contributed by atoms with Gasteiger partial charge in [0.25, 0.3) is 5.56 Å². The molecule has 1 aromatic rings. The fourth-order valence-electron chi connectivity index (χ4n) is 1.98. The predicted molar refractivity (Wildman–Crippen MR) is 67.2 cm³/mol. The third kappa shape index (κ3) is 2.20. The number of H-pyrrole nitrogens is 1. The van der Waals surface area contributed by atoms with Gasteiger partial charge in [0.1, 0.15) is 11.5 Å². The van der Waals surface area contributed by atoms with E-state index in [1.807, 2.05) is 13.8 Å². The number of nitrogens with zero attached hydrogens (tertiary/aromatic N) is 1. The van der Waals surface area contributed by atoms with Crippen LogP contribution in [0.5, 0.6) is 0 Å². The van der Waals surface area contributed by atoms with Gasteiger partial charge in [0.2, 0.25) is 0 Å². The summed E-state index contributed by atoms with van der Waals surface area (Å²) in [6.07, 6.45) is 2.36. The monoisotopic (exact) mass is 238 g/mol. The molecule has 6 heteroatoms. The van der Waals surface area contributed by atoms with E-state index >= 15 is 0 Å². The molecule has 0 aromatic carbocycles. The molecule has 1 saturated carbocycles. The summed E-state index contributed by atoms with van der Waals surface area (Å²) < 4.78 is 1.35. The lowest BCUT2D eigenvalue weighted by Gasteiger charge is -2.17. The first kappa shape index (κ1) is 11.8. The van der Waals surface area contributed by atoms with Crippen LogP contribution in [0.1, 0.15) is 26.7 Å². The number of aromatic amines is 1. The van der Waals surface area contributed by atoms with E-state index in [0.29, 0.717) is 18.2 Å². The van der Waals surface area contributed by atoms with Gasteiger partial charge in [-0.25, -0.2) is 4.79 Å². The third-order valence-electron chi connectivity index (χ3n) is 3.26. The Kier molecular flexibility index (Phi) is 2.95. The van der Waals surface area contributed by atoms with Crippen molar-refractivity contribution >= 4 is 11.5 Å². The summed E-state index contributed by atoms with van der Waals surface area (Å²) >= 11 is 0. The van der Waals surface area contributed by atoms with Crippen molar-refractivity contribution in [2.75, 3.05) is 11.1 Å². The molecule has 0 aliphatic heterocycles. The first-order chi connectivity index (χ1) is 8.04. The van der Waals surface area contributed by atoms with Crippen LogP contribution in [-0.4, -0.2) is 15.6 Å². The van der Waals surface area contributed by atoms with Crippen LogP contribution in [0, 0.1) is 5.92 Å². The molecule has 4 N–H and O–H groups in total.